The number of hydrogen-bond acceptors (Lipinski definition) is 9. The molecule has 3 unspecified atom stereocenters. The van der Waals surface area contributed by atoms with Gasteiger partial charge in [0.05, 0.1) is 35.2 Å². The van der Waals surface area contributed by atoms with Crippen molar-refractivity contribution in [1.29, 1.82) is 0 Å². The van der Waals surface area contributed by atoms with E-state index in [1.54, 1.807) is 30.3 Å². The van der Waals surface area contributed by atoms with Gasteiger partial charge in [-0.05, 0) is 48.2 Å². The lowest BCUT2D eigenvalue weighted by atomic mass is 9.89. The number of hydrogen-bond donors (Lipinski definition) is 2. The highest BCUT2D eigenvalue weighted by atomic mass is 35.5. The van der Waals surface area contributed by atoms with Gasteiger partial charge >= 0.3 is 11.0 Å². The van der Waals surface area contributed by atoms with E-state index in [0.717, 1.165) is 22.4 Å². The molecule has 2 N–H and O–H groups in total. The molecule has 3 atom stereocenters. The summed E-state index contributed by atoms with van der Waals surface area (Å²) in [4.78, 5) is 15.7. The fraction of sp³-hybridized carbons (Fsp3) is 0.276. The molecule has 2 heterocycles. The van der Waals surface area contributed by atoms with Gasteiger partial charge in [0.2, 0.25) is 9.84 Å². The number of fused-ring (bicyclic) bond motifs is 2. The van der Waals surface area contributed by atoms with E-state index in [0.29, 0.717) is 23.6 Å². The first kappa shape index (κ1) is 27.4. The van der Waals surface area contributed by atoms with Crippen molar-refractivity contribution in [3.8, 4) is 0 Å². The number of nitrogens with zero attached hydrogens (tertiary/aromatic N) is 2. The van der Waals surface area contributed by atoms with Gasteiger partial charge in [0.15, 0.2) is 5.82 Å². The Hall–Kier alpha value is -3.80. The molecule has 1 aliphatic heterocycles. The number of halogens is 2. The molecule has 2 aliphatic carbocycles. The summed E-state index contributed by atoms with van der Waals surface area (Å²) in [7, 11) is -3.33. The fourth-order valence-electron chi connectivity index (χ4n) is 5.51. The van der Waals surface area contributed by atoms with E-state index in [1.165, 1.54) is 31.4 Å². The van der Waals surface area contributed by atoms with Gasteiger partial charge in [-0.25, -0.2) is 17.6 Å². The Morgan fingerprint density at radius 3 is 2.66 bits per heavy atom. The third-order valence-electron chi connectivity index (χ3n) is 7.62. The van der Waals surface area contributed by atoms with Crippen molar-refractivity contribution >= 4 is 27.4 Å². The number of carbonyl (C=O) groups excluding carboxylic acids is 1. The quantitative estimate of drug-likeness (QED) is 0.345. The van der Waals surface area contributed by atoms with Crippen LogP contribution in [0.3, 0.4) is 0 Å². The van der Waals surface area contributed by atoms with Gasteiger partial charge in [0, 0.05) is 23.7 Å². The maximum atomic E-state index is 17.4. The molecular formula is C29H26ClFN4O5S. The van der Waals surface area contributed by atoms with Crippen molar-refractivity contribution in [3.63, 3.8) is 0 Å². The Morgan fingerprint density at radius 1 is 1.17 bits per heavy atom. The molecule has 9 nitrogen and oxygen atoms in total. The first-order valence-corrected chi connectivity index (χ1v) is 14.9. The molecule has 41 heavy (non-hydrogen) atoms. The van der Waals surface area contributed by atoms with E-state index in [2.05, 4.69) is 20.8 Å². The summed E-state index contributed by atoms with van der Waals surface area (Å²) in [5.74, 6) is -1.08. The lowest BCUT2D eigenvalue weighted by Crippen LogP contribution is -2.47. The van der Waals surface area contributed by atoms with Gasteiger partial charge in [-0.2, -0.15) is 4.98 Å². The fourth-order valence-corrected chi connectivity index (χ4v) is 7.52. The number of methoxy groups -OCH3 is 1. The van der Waals surface area contributed by atoms with Crippen molar-refractivity contribution in [3.05, 3.63) is 111 Å². The van der Waals surface area contributed by atoms with Crippen LogP contribution in [-0.2, 0) is 32.7 Å². The third-order valence-corrected chi connectivity index (χ3v) is 10.2. The molecule has 2 aromatic carbocycles. The topological polar surface area (TPSA) is 123 Å². The number of aromatic nitrogens is 2. The largest absolute Gasteiger partial charge is 0.465 e. The van der Waals surface area contributed by atoms with Crippen molar-refractivity contribution in [2.75, 3.05) is 7.11 Å². The number of nitrogens with one attached hydrogen (secondary N) is 2. The number of benzene rings is 2. The summed E-state index contributed by atoms with van der Waals surface area (Å²) < 4.78 is 55.3. The van der Waals surface area contributed by atoms with Crippen LogP contribution in [0.25, 0.3) is 0 Å². The van der Waals surface area contributed by atoms with Crippen LogP contribution < -0.4 is 10.6 Å². The molecule has 1 fully saturated rings. The van der Waals surface area contributed by atoms with E-state index in [-0.39, 0.29) is 29.6 Å². The highest BCUT2D eigenvalue weighted by Crippen LogP contribution is 2.50. The Kier molecular flexibility index (Phi) is 7.04. The minimum atomic E-state index is -4.64. The van der Waals surface area contributed by atoms with Crippen LogP contribution in [0.4, 0.5) is 4.39 Å². The average Bonchev–Trinajstić information content (AvgIpc) is 3.70. The molecule has 0 amide bonds. The lowest BCUT2D eigenvalue weighted by molar-refractivity contribution is 0.0600. The second kappa shape index (κ2) is 10.6. The number of rotatable bonds is 9. The summed E-state index contributed by atoms with van der Waals surface area (Å²) in [5, 5.41) is 7.70. The number of carbonyl (C=O) groups is 1. The standard InChI is InChI=1S/C29H26ClFN4O5S/c1-39-27(36)18-9-7-17(8-10-18)15-32-16-24-34-28(40-35-24)29(31,41(37,38)21-5-3-2-4-6-21)23-14-20-13-19-11-12-22(25(19)30)26(20)33-23/h2-12,20,23,32-33H,13-16H2,1H3. The monoisotopic (exact) mass is 596 g/mol. The molecule has 0 radical (unpaired) electrons. The molecule has 12 heteroatoms. The first-order valence-electron chi connectivity index (χ1n) is 13.0. The number of allylic oxidation sites excluding steroid dienone is 6. The third kappa shape index (κ3) is 4.67. The first-order chi connectivity index (χ1) is 19.7. The number of esters is 1. The number of sulfone groups is 1. The van der Waals surface area contributed by atoms with Crippen molar-refractivity contribution in [2.24, 2.45) is 5.92 Å². The second-order valence-corrected chi connectivity index (χ2v) is 12.6. The van der Waals surface area contributed by atoms with Crippen LogP contribution >= 0.6 is 11.6 Å². The summed E-state index contributed by atoms with van der Waals surface area (Å²) in [6, 6.07) is 13.1. The van der Waals surface area contributed by atoms with Crippen molar-refractivity contribution < 1.29 is 26.9 Å². The van der Waals surface area contributed by atoms with Gasteiger partial charge in [0.1, 0.15) is 0 Å². The van der Waals surface area contributed by atoms with E-state index in [1.807, 2.05) is 12.2 Å². The highest BCUT2D eigenvalue weighted by Gasteiger charge is 2.61. The Balaban J connectivity index is 1.26. The van der Waals surface area contributed by atoms with Gasteiger partial charge in [-0.3, -0.25) is 0 Å². The van der Waals surface area contributed by atoms with Gasteiger partial charge in [0.25, 0.3) is 5.89 Å². The highest BCUT2D eigenvalue weighted by molar-refractivity contribution is 7.92. The predicted molar refractivity (Wildman–Crippen MR) is 148 cm³/mol. The zero-order chi connectivity index (χ0) is 28.8. The zero-order valence-electron chi connectivity index (χ0n) is 21.9. The number of alkyl halides is 1. The van der Waals surface area contributed by atoms with Crippen LogP contribution in [-0.4, -0.2) is 37.7 Å². The summed E-state index contributed by atoms with van der Waals surface area (Å²) in [5.41, 5.74) is 3.74. The molecule has 0 spiro atoms. The maximum Gasteiger partial charge on any atom is 0.337 e. The Labute approximate surface area is 241 Å². The minimum absolute atomic E-state index is 0.0907. The van der Waals surface area contributed by atoms with E-state index >= 15 is 4.39 Å². The Bertz CT molecular complexity index is 1700. The van der Waals surface area contributed by atoms with Crippen molar-refractivity contribution in [2.45, 2.75) is 41.9 Å². The molecule has 2 bridgehead atoms. The zero-order valence-corrected chi connectivity index (χ0v) is 23.5. The molecular weight excluding hydrogens is 571 g/mol. The van der Waals surface area contributed by atoms with E-state index in [9.17, 15) is 13.2 Å². The lowest BCUT2D eigenvalue weighted by Gasteiger charge is -2.28. The Morgan fingerprint density at radius 2 is 1.93 bits per heavy atom. The molecule has 3 aliphatic rings. The van der Waals surface area contributed by atoms with Crippen LogP contribution in [0.1, 0.15) is 40.5 Å². The molecule has 1 aromatic heterocycles. The van der Waals surface area contributed by atoms with Crippen LogP contribution in [0.5, 0.6) is 0 Å². The smallest absolute Gasteiger partial charge is 0.337 e. The molecule has 1 saturated heterocycles. The average molecular weight is 597 g/mol. The minimum Gasteiger partial charge on any atom is -0.465 e. The van der Waals surface area contributed by atoms with Crippen LogP contribution in [0.2, 0.25) is 0 Å². The van der Waals surface area contributed by atoms with Gasteiger partial charge in [-0.15, -0.1) is 0 Å². The number of ether oxygens (including phenoxy) is 1. The van der Waals surface area contributed by atoms with Gasteiger partial charge in [-0.1, -0.05) is 59.2 Å². The second-order valence-electron chi connectivity index (χ2n) is 10.1. The van der Waals surface area contributed by atoms with Crippen molar-refractivity contribution in [1.82, 2.24) is 20.8 Å². The maximum absolute atomic E-state index is 17.4. The summed E-state index contributed by atoms with van der Waals surface area (Å²) >= 11 is 6.47. The SMILES string of the molecule is COC(=O)c1ccc(CNCc2noc(C(F)(C3CC4CC5=C(Cl)C(=C4N3)C=C5)S(=O)(=O)c3ccccc3)n2)cc1. The predicted octanol–water partition coefficient (Wildman–Crippen LogP) is 4.44. The molecule has 212 valence electrons. The summed E-state index contributed by atoms with van der Waals surface area (Å²) in [6.07, 6.45) is 4.59. The normalized spacial score (nSPS) is 21.0. The van der Waals surface area contributed by atoms with Crippen LogP contribution in [0, 0.1) is 5.92 Å². The van der Waals surface area contributed by atoms with Gasteiger partial charge < -0.3 is 19.9 Å². The molecule has 0 saturated carbocycles. The summed E-state index contributed by atoms with van der Waals surface area (Å²) in [6.45, 7) is 0.480. The van der Waals surface area contributed by atoms with E-state index in [4.69, 9.17) is 20.9 Å². The molecule has 6 rings (SSSR count). The van der Waals surface area contributed by atoms with E-state index < -0.39 is 32.7 Å². The molecule has 3 aromatic rings. The van der Waals surface area contributed by atoms with Crippen LogP contribution in [0.15, 0.2) is 98.0 Å².